The number of carbonyl (C=O) groups excluding carboxylic acids is 2. The van der Waals surface area contributed by atoms with Crippen LogP contribution in [-0.2, 0) is 33.3 Å². The van der Waals surface area contributed by atoms with Gasteiger partial charge in [-0.25, -0.2) is 0 Å². The van der Waals surface area contributed by atoms with E-state index in [0.29, 0.717) is 0 Å². The van der Waals surface area contributed by atoms with E-state index < -0.39 is 129 Å². The highest BCUT2D eigenvalue weighted by atomic mass is 16.7. The van der Waals surface area contributed by atoms with Crippen LogP contribution in [0.4, 0.5) is 5.69 Å². The summed E-state index contributed by atoms with van der Waals surface area (Å²) in [6.07, 6.45) is -21.4. The smallest absolute Gasteiger partial charge is 0.269 e. The first kappa shape index (κ1) is 38.6. The monoisotopic (exact) mass is 707 g/mol. The Morgan fingerprint density at radius 1 is 0.735 bits per heavy atom. The van der Waals surface area contributed by atoms with Crippen molar-refractivity contribution >= 4 is 17.5 Å². The number of nitro benzene ring substituents is 1. The molecule has 3 fully saturated rings. The van der Waals surface area contributed by atoms with Crippen LogP contribution in [0.3, 0.4) is 0 Å². The van der Waals surface area contributed by atoms with E-state index >= 15 is 0 Å². The Hall–Kier alpha value is -3.16. The summed E-state index contributed by atoms with van der Waals surface area (Å²) in [5.74, 6) is -1.31. The summed E-state index contributed by atoms with van der Waals surface area (Å²) in [5, 5.41) is 98.9. The molecule has 3 saturated heterocycles. The number of hydrogen-bond acceptors (Lipinski definition) is 18. The summed E-state index contributed by atoms with van der Waals surface area (Å²) in [6, 6.07) is 1.92. The van der Waals surface area contributed by atoms with Crippen molar-refractivity contribution in [2.24, 2.45) is 0 Å². The van der Waals surface area contributed by atoms with E-state index in [4.69, 9.17) is 28.4 Å². The first-order chi connectivity index (χ1) is 23.2. The third-order valence-electron chi connectivity index (χ3n) is 8.16. The van der Waals surface area contributed by atoms with Gasteiger partial charge in [0.15, 0.2) is 12.6 Å². The van der Waals surface area contributed by atoms with E-state index in [9.17, 15) is 60.6 Å². The number of amides is 2. The van der Waals surface area contributed by atoms with Crippen LogP contribution in [0.15, 0.2) is 24.3 Å². The molecule has 276 valence electrons. The van der Waals surface area contributed by atoms with Crippen LogP contribution in [0.25, 0.3) is 0 Å². The molecule has 1 aromatic rings. The van der Waals surface area contributed by atoms with Gasteiger partial charge in [-0.2, -0.15) is 0 Å². The van der Waals surface area contributed by atoms with Crippen molar-refractivity contribution in [3.63, 3.8) is 0 Å². The zero-order valence-corrected chi connectivity index (χ0v) is 26.2. The number of nitrogens with one attached hydrogen (secondary N) is 2. The molecule has 4 rings (SSSR count). The summed E-state index contributed by atoms with van der Waals surface area (Å²) < 4.78 is 34.5. The Kier molecular flexibility index (Phi) is 13.2. The lowest BCUT2D eigenvalue weighted by Gasteiger charge is -2.48. The Labute approximate surface area is 278 Å². The highest BCUT2D eigenvalue weighted by Crippen LogP contribution is 2.32. The van der Waals surface area contributed by atoms with Crippen LogP contribution >= 0.6 is 0 Å². The molecule has 0 radical (unpaired) electrons. The van der Waals surface area contributed by atoms with Gasteiger partial charge in [0, 0.05) is 26.0 Å². The number of benzene rings is 1. The third-order valence-corrected chi connectivity index (χ3v) is 8.16. The summed E-state index contributed by atoms with van der Waals surface area (Å²) >= 11 is 0. The van der Waals surface area contributed by atoms with E-state index in [1.54, 1.807) is 0 Å². The molecule has 0 aromatic heterocycles. The van der Waals surface area contributed by atoms with Crippen molar-refractivity contribution < 1.29 is 83.8 Å². The number of aliphatic hydroxyl groups is 8. The first-order valence-corrected chi connectivity index (χ1v) is 15.2. The number of nitro groups is 1. The zero-order valence-electron chi connectivity index (χ0n) is 26.2. The lowest BCUT2D eigenvalue weighted by molar-refractivity contribution is -0.384. The Balaban J connectivity index is 1.65. The quantitative estimate of drug-likeness (QED) is 0.0716. The molecule has 3 aliphatic heterocycles. The van der Waals surface area contributed by atoms with Crippen molar-refractivity contribution in [2.45, 2.75) is 106 Å². The number of rotatable bonds is 12. The number of non-ortho nitro benzene ring substituents is 1. The average Bonchev–Trinajstić information content (AvgIpc) is 3.06. The predicted molar refractivity (Wildman–Crippen MR) is 156 cm³/mol. The van der Waals surface area contributed by atoms with Crippen LogP contribution in [0, 0.1) is 10.1 Å². The molecule has 21 heteroatoms. The number of carbonyl (C=O) groups is 2. The second-order valence-corrected chi connectivity index (χ2v) is 11.7. The summed E-state index contributed by atoms with van der Waals surface area (Å²) in [4.78, 5) is 34.7. The summed E-state index contributed by atoms with van der Waals surface area (Å²) in [7, 11) is 0. The van der Waals surface area contributed by atoms with E-state index in [-0.39, 0.29) is 11.4 Å². The topological polar surface area (TPSA) is 319 Å². The van der Waals surface area contributed by atoms with Crippen molar-refractivity contribution in [1.82, 2.24) is 10.6 Å². The third kappa shape index (κ3) is 8.96. The normalized spacial score (nSPS) is 39.5. The van der Waals surface area contributed by atoms with Crippen LogP contribution < -0.4 is 15.4 Å². The zero-order chi connectivity index (χ0) is 36.2. The molecule has 3 aliphatic rings. The molecule has 3 heterocycles. The van der Waals surface area contributed by atoms with Gasteiger partial charge in [-0.3, -0.25) is 19.7 Å². The molecule has 0 spiro atoms. The van der Waals surface area contributed by atoms with Crippen LogP contribution in [0.5, 0.6) is 5.75 Å². The second kappa shape index (κ2) is 16.7. The largest absolute Gasteiger partial charge is 0.463 e. The van der Waals surface area contributed by atoms with Crippen molar-refractivity contribution in [3.05, 3.63) is 34.4 Å². The second-order valence-electron chi connectivity index (χ2n) is 11.7. The van der Waals surface area contributed by atoms with Gasteiger partial charge >= 0.3 is 0 Å². The predicted octanol–water partition coefficient (Wildman–Crippen LogP) is -5.29. The standard InChI is InChI=1S/C28H41N3O18/c1-10(34)29-17-22(39)19(36)14(7-32)46-26(17)44-9-16-21(38)25(49-28-24(41)23(40)20(37)15(8-33)47-28)18(30-11(2)35)27(48-16)45-13-5-3-12(4-6-13)31(42)43/h3-6,14-28,32-33,36-41H,7-9H2,1-2H3,(H,29,34)(H,30,35)/t14-,15-,16-,17-,18-,19-,20+,21+,22-,23+,24-,25-,26-,27+,28+/m1/s1. The fourth-order valence-corrected chi connectivity index (χ4v) is 5.62. The van der Waals surface area contributed by atoms with E-state index in [1.165, 1.54) is 12.1 Å². The minimum Gasteiger partial charge on any atom is -0.463 e. The number of nitrogens with zero attached hydrogens (tertiary/aromatic N) is 1. The number of ether oxygens (including phenoxy) is 6. The Morgan fingerprint density at radius 2 is 1.27 bits per heavy atom. The maximum Gasteiger partial charge on any atom is 0.269 e. The van der Waals surface area contributed by atoms with Crippen LogP contribution in [0.1, 0.15) is 13.8 Å². The number of aliphatic hydroxyl groups excluding tert-OH is 8. The molecule has 0 unspecified atom stereocenters. The lowest BCUT2D eigenvalue weighted by Crippen LogP contribution is -2.69. The SMILES string of the molecule is CC(=O)N[C@H]1[C@H](OC[C@H]2O[C@H](Oc3ccc([N+](=O)[O-])cc3)[C@H](NC(C)=O)[C@@H](O[C@@H]3O[C@H](CO)[C@H](O)[C@H](O)[C@H]3O)[C@H]2O)O[C@H](CO)[C@@H](O)[C@@H]1O. The molecule has 10 N–H and O–H groups in total. The van der Waals surface area contributed by atoms with E-state index in [0.717, 1.165) is 26.0 Å². The maximum absolute atomic E-state index is 12.3. The molecule has 15 atom stereocenters. The minimum absolute atomic E-state index is 0.00201. The van der Waals surface area contributed by atoms with Gasteiger partial charge in [0.2, 0.25) is 18.1 Å². The fraction of sp³-hybridized carbons (Fsp3) is 0.714. The van der Waals surface area contributed by atoms with Crippen molar-refractivity contribution in [1.29, 1.82) is 0 Å². The van der Waals surface area contributed by atoms with Crippen molar-refractivity contribution in [3.8, 4) is 5.75 Å². The molecule has 2 amide bonds. The highest BCUT2D eigenvalue weighted by Gasteiger charge is 2.53. The van der Waals surface area contributed by atoms with Crippen LogP contribution in [0.2, 0.25) is 0 Å². The highest BCUT2D eigenvalue weighted by molar-refractivity contribution is 5.73. The van der Waals surface area contributed by atoms with Gasteiger partial charge in [0.05, 0.1) is 24.7 Å². The van der Waals surface area contributed by atoms with Gasteiger partial charge in [0.1, 0.15) is 78.9 Å². The molecule has 0 aliphatic carbocycles. The molecule has 1 aromatic carbocycles. The summed E-state index contributed by atoms with van der Waals surface area (Å²) in [5.41, 5.74) is -0.268. The van der Waals surface area contributed by atoms with Gasteiger partial charge in [-0.1, -0.05) is 0 Å². The molecule has 0 saturated carbocycles. The fourth-order valence-electron chi connectivity index (χ4n) is 5.62. The van der Waals surface area contributed by atoms with E-state index in [1.807, 2.05) is 0 Å². The molecule has 0 bridgehead atoms. The Morgan fingerprint density at radius 3 is 1.82 bits per heavy atom. The van der Waals surface area contributed by atoms with Crippen LogP contribution in [-0.4, -0.2) is 169 Å². The average molecular weight is 708 g/mol. The first-order valence-electron chi connectivity index (χ1n) is 15.2. The molecule has 21 nitrogen and oxygen atoms in total. The van der Waals surface area contributed by atoms with E-state index in [2.05, 4.69) is 10.6 Å². The van der Waals surface area contributed by atoms with Gasteiger partial charge < -0.3 is 79.9 Å². The molecule has 49 heavy (non-hydrogen) atoms. The summed E-state index contributed by atoms with van der Waals surface area (Å²) in [6.45, 7) is 0.0715. The molecular formula is C28H41N3O18. The lowest BCUT2D eigenvalue weighted by atomic mass is 9.95. The minimum atomic E-state index is -1.92. The van der Waals surface area contributed by atoms with Crippen molar-refractivity contribution in [2.75, 3.05) is 19.8 Å². The van der Waals surface area contributed by atoms with Gasteiger partial charge in [-0.15, -0.1) is 0 Å². The number of hydrogen-bond donors (Lipinski definition) is 10. The van der Waals surface area contributed by atoms with Gasteiger partial charge in [-0.05, 0) is 12.1 Å². The Bertz CT molecular complexity index is 1270. The molecular weight excluding hydrogens is 666 g/mol. The maximum atomic E-state index is 12.3. The van der Waals surface area contributed by atoms with Gasteiger partial charge in [0.25, 0.3) is 5.69 Å².